The minimum Gasteiger partial charge on any atom is -0.301 e. The van der Waals surface area contributed by atoms with E-state index < -0.39 is 0 Å². The Bertz CT molecular complexity index is 142. The van der Waals surface area contributed by atoms with Crippen LogP contribution in [0.4, 0.5) is 4.39 Å². The van der Waals surface area contributed by atoms with Gasteiger partial charge in [0.1, 0.15) is 0 Å². The molecule has 1 heterocycles. The number of halogens is 1. The van der Waals surface area contributed by atoms with Crippen molar-refractivity contribution in [2.24, 2.45) is 5.92 Å². The van der Waals surface area contributed by atoms with E-state index in [4.69, 9.17) is 0 Å². The van der Waals surface area contributed by atoms with Gasteiger partial charge < -0.3 is 9.80 Å². The van der Waals surface area contributed by atoms with Gasteiger partial charge in [-0.1, -0.05) is 13.8 Å². The van der Waals surface area contributed by atoms with Crippen molar-refractivity contribution in [3.8, 4) is 0 Å². The van der Waals surface area contributed by atoms with E-state index in [0.29, 0.717) is 6.42 Å². The predicted octanol–water partition coefficient (Wildman–Crippen LogP) is 1.62. The summed E-state index contributed by atoms with van der Waals surface area (Å²) in [6.45, 7) is 11.0. The minimum atomic E-state index is -0.174. The standard InChI is InChI=1S/C11H23FN2/c1-11(2)10-14-8-6-13(7-9-14)5-3-4-12/h11H,3-10H2,1-2H3. The van der Waals surface area contributed by atoms with Gasteiger partial charge in [0.05, 0.1) is 6.67 Å². The van der Waals surface area contributed by atoms with Gasteiger partial charge in [0.15, 0.2) is 0 Å². The van der Waals surface area contributed by atoms with Crippen LogP contribution in [-0.4, -0.2) is 55.7 Å². The highest BCUT2D eigenvalue weighted by Gasteiger charge is 2.16. The molecule has 0 bridgehead atoms. The van der Waals surface area contributed by atoms with Gasteiger partial charge in [0, 0.05) is 39.3 Å². The first-order valence-corrected chi connectivity index (χ1v) is 5.73. The van der Waals surface area contributed by atoms with Gasteiger partial charge in [0.25, 0.3) is 0 Å². The molecule has 0 saturated carbocycles. The summed E-state index contributed by atoms with van der Waals surface area (Å²) >= 11 is 0. The van der Waals surface area contributed by atoms with E-state index in [1.165, 1.54) is 6.54 Å². The Labute approximate surface area is 87.1 Å². The lowest BCUT2D eigenvalue weighted by Crippen LogP contribution is -2.47. The van der Waals surface area contributed by atoms with Gasteiger partial charge in [-0.3, -0.25) is 4.39 Å². The van der Waals surface area contributed by atoms with Crippen molar-refractivity contribution in [1.82, 2.24) is 9.80 Å². The molecule has 2 nitrogen and oxygen atoms in total. The van der Waals surface area contributed by atoms with E-state index in [1.54, 1.807) is 0 Å². The van der Waals surface area contributed by atoms with Crippen molar-refractivity contribution in [2.75, 3.05) is 45.9 Å². The summed E-state index contributed by atoms with van der Waals surface area (Å²) in [5, 5.41) is 0. The molecule has 1 aliphatic heterocycles. The van der Waals surface area contributed by atoms with Crippen LogP contribution in [0.15, 0.2) is 0 Å². The van der Waals surface area contributed by atoms with Crippen molar-refractivity contribution in [3.05, 3.63) is 0 Å². The second-order valence-corrected chi connectivity index (χ2v) is 4.58. The molecular weight excluding hydrogens is 179 g/mol. The number of rotatable bonds is 5. The minimum absolute atomic E-state index is 0.174. The van der Waals surface area contributed by atoms with Crippen LogP contribution in [0.25, 0.3) is 0 Å². The monoisotopic (exact) mass is 202 g/mol. The van der Waals surface area contributed by atoms with Crippen LogP contribution < -0.4 is 0 Å². The molecule has 84 valence electrons. The fraction of sp³-hybridized carbons (Fsp3) is 1.00. The molecule has 14 heavy (non-hydrogen) atoms. The van der Waals surface area contributed by atoms with Crippen LogP contribution in [-0.2, 0) is 0 Å². The summed E-state index contributed by atoms with van der Waals surface area (Å²) in [6, 6.07) is 0. The molecule has 3 heteroatoms. The van der Waals surface area contributed by atoms with Crippen molar-refractivity contribution < 1.29 is 4.39 Å². The smallest absolute Gasteiger partial charge is 0.0906 e. The average Bonchev–Trinajstić information content (AvgIpc) is 2.16. The zero-order valence-corrected chi connectivity index (χ0v) is 9.51. The Morgan fingerprint density at radius 1 is 1.07 bits per heavy atom. The number of hydrogen-bond donors (Lipinski definition) is 0. The molecule has 0 aromatic rings. The van der Waals surface area contributed by atoms with Gasteiger partial charge in [-0.15, -0.1) is 0 Å². The fourth-order valence-corrected chi connectivity index (χ4v) is 2.00. The van der Waals surface area contributed by atoms with E-state index >= 15 is 0 Å². The van der Waals surface area contributed by atoms with Crippen LogP contribution in [0.5, 0.6) is 0 Å². The van der Waals surface area contributed by atoms with Crippen molar-refractivity contribution >= 4 is 0 Å². The normalized spacial score (nSPS) is 20.6. The van der Waals surface area contributed by atoms with Gasteiger partial charge in [0.2, 0.25) is 0 Å². The quantitative estimate of drug-likeness (QED) is 0.668. The van der Waals surface area contributed by atoms with Gasteiger partial charge in [-0.05, 0) is 12.3 Å². The molecule has 1 fully saturated rings. The van der Waals surface area contributed by atoms with Crippen molar-refractivity contribution in [3.63, 3.8) is 0 Å². The molecule has 1 aliphatic rings. The molecule has 0 amide bonds. The third kappa shape index (κ3) is 4.38. The Balaban J connectivity index is 2.11. The molecule has 0 aromatic heterocycles. The summed E-state index contributed by atoms with van der Waals surface area (Å²) in [6.07, 6.45) is 0.699. The Hall–Kier alpha value is -0.150. The fourth-order valence-electron chi connectivity index (χ4n) is 2.00. The highest BCUT2D eigenvalue weighted by atomic mass is 19.1. The Morgan fingerprint density at radius 3 is 2.14 bits per heavy atom. The maximum atomic E-state index is 12.0. The predicted molar refractivity (Wildman–Crippen MR) is 58.3 cm³/mol. The zero-order valence-electron chi connectivity index (χ0n) is 9.51. The van der Waals surface area contributed by atoms with Gasteiger partial charge >= 0.3 is 0 Å². The number of alkyl halides is 1. The van der Waals surface area contributed by atoms with E-state index in [-0.39, 0.29) is 6.67 Å². The lowest BCUT2D eigenvalue weighted by molar-refractivity contribution is 0.119. The first kappa shape index (κ1) is 11.9. The highest BCUT2D eigenvalue weighted by molar-refractivity contribution is 4.72. The van der Waals surface area contributed by atoms with Crippen LogP contribution in [0, 0.1) is 5.92 Å². The third-order valence-electron chi connectivity index (χ3n) is 2.70. The molecule has 0 N–H and O–H groups in total. The van der Waals surface area contributed by atoms with E-state index in [0.717, 1.165) is 38.6 Å². The van der Waals surface area contributed by atoms with Crippen molar-refractivity contribution in [1.29, 1.82) is 0 Å². The van der Waals surface area contributed by atoms with Crippen molar-refractivity contribution in [2.45, 2.75) is 20.3 Å². The highest BCUT2D eigenvalue weighted by Crippen LogP contribution is 2.05. The van der Waals surface area contributed by atoms with E-state index in [2.05, 4.69) is 23.6 Å². The summed E-state index contributed by atoms with van der Waals surface area (Å²) in [5.41, 5.74) is 0. The molecular formula is C11H23FN2. The number of hydrogen-bond acceptors (Lipinski definition) is 2. The first-order valence-electron chi connectivity index (χ1n) is 5.73. The third-order valence-corrected chi connectivity index (χ3v) is 2.70. The topological polar surface area (TPSA) is 6.48 Å². The van der Waals surface area contributed by atoms with Crippen LogP contribution in [0.1, 0.15) is 20.3 Å². The Kier molecular flexibility index (Phi) is 5.41. The van der Waals surface area contributed by atoms with E-state index in [1.807, 2.05) is 0 Å². The van der Waals surface area contributed by atoms with E-state index in [9.17, 15) is 4.39 Å². The molecule has 0 unspecified atom stereocenters. The summed E-state index contributed by atoms with van der Waals surface area (Å²) < 4.78 is 12.0. The molecule has 1 rings (SSSR count). The summed E-state index contributed by atoms with van der Waals surface area (Å²) in [4.78, 5) is 4.88. The van der Waals surface area contributed by atoms with Crippen LogP contribution in [0.2, 0.25) is 0 Å². The lowest BCUT2D eigenvalue weighted by Gasteiger charge is -2.35. The maximum Gasteiger partial charge on any atom is 0.0906 e. The summed E-state index contributed by atoms with van der Waals surface area (Å²) in [5.74, 6) is 0.757. The maximum absolute atomic E-state index is 12.0. The van der Waals surface area contributed by atoms with Crippen LogP contribution >= 0.6 is 0 Å². The summed E-state index contributed by atoms with van der Waals surface area (Å²) in [7, 11) is 0. The number of nitrogens with zero attached hydrogens (tertiary/aromatic N) is 2. The van der Waals surface area contributed by atoms with Gasteiger partial charge in [-0.25, -0.2) is 0 Å². The zero-order chi connectivity index (χ0) is 10.4. The van der Waals surface area contributed by atoms with Gasteiger partial charge in [-0.2, -0.15) is 0 Å². The average molecular weight is 202 g/mol. The second kappa shape index (κ2) is 6.36. The molecule has 0 aromatic carbocycles. The molecule has 0 spiro atoms. The SMILES string of the molecule is CC(C)CN1CCN(CCCF)CC1. The molecule has 0 atom stereocenters. The second-order valence-electron chi connectivity index (χ2n) is 4.58. The Morgan fingerprint density at radius 2 is 1.64 bits per heavy atom. The number of piperazine rings is 1. The first-order chi connectivity index (χ1) is 6.72. The molecule has 0 aliphatic carbocycles. The molecule has 1 saturated heterocycles. The van der Waals surface area contributed by atoms with Crippen LogP contribution in [0.3, 0.4) is 0 Å². The molecule has 0 radical (unpaired) electrons. The lowest BCUT2D eigenvalue weighted by atomic mass is 10.2. The largest absolute Gasteiger partial charge is 0.301 e.